The number of fused-ring (bicyclic) bond motifs is 5. The van der Waals surface area contributed by atoms with Crippen LogP contribution in [0, 0.1) is 45.3 Å². The number of aliphatic hydroxyl groups excluding tert-OH is 9. The highest BCUT2D eigenvalue weighted by Crippen LogP contribution is 2.76. The molecule has 0 radical (unpaired) electrons. The number of hydrogen-bond acceptors (Lipinski definition) is 13. The average molecular weight is 771 g/mol. The van der Waals surface area contributed by atoms with Gasteiger partial charge >= 0.3 is 0 Å². The molecule has 312 valence electrons. The van der Waals surface area contributed by atoms with Crippen molar-refractivity contribution in [2.24, 2.45) is 45.3 Å². The van der Waals surface area contributed by atoms with Crippen molar-refractivity contribution in [3.63, 3.8) is 0 Å². The van der Waals surface area contributed by atoms with Crippen LogP contribution in [0.3, 0.4) is 0 Å². The summed E-state index contributed by atoms with van der Waals surface area (Å²) in [6.07, 6.45) is -7.53. The Balaban J connectivity index is 1.27. The summed E-state index contributed by atoms with van der Waals surface area (Å²) in [7, 11) is 0. The van der Waals surface area contributed by atoms with E-state index in [-0.39, 0.29) is 53.1 Å². The van der Waals surface area contributed by atoms with Crippen LogP contribution in [0.25, 0.3) is 0 Å². The standard InChI is InChI=1S/C41H70O13/c1-20(2)10-9-13-41(8,54-36-33(50)31(48)30(47)25(53-36)19-52-35-32(49)29(46)24(44)18-51-35)21-11-15-39(6)28(21)22(42)16-26-38(5)14-12-27(45)37(3,4)34(38)23(43)17-40(26,39)7/h10,21-36,42-50H,9,11-19H2,1-8H3/t21-,22+,23-,24-,25+,26+,27-,28-,29-,30+,31-,32+,33+,34-,35-,36-,38+,39+,40+,41?/m0/s1. The first-order chi connectivity index (χ1) is 25.0. The van der Waals surface area contributed by atoms with E-state index in [9.17, 15) is 46.0 Å². The van der Waals surface area contributed by atoms with Crippen LogP contribution in [0.2, 0.25) is 0 Å². The lowest BCUT2D eigenvalue weighted by Crippen LogP contribution is -2.70. The van der Waals surface area contributed by atoms with E-state index >= 15 is 0 Å². The molecule has 6 rings (SSSR count). The highest BCUT2D eigenvalue weighted by Gasteiger charge is 2.73. The molecule has 6 fully saturated rings. The quantitative estimate of drug-likeness (QED) is 0.153. The molecule has 4 aliphatic carbocycles. The normalized spacial score (nSPS) is 52.8. The summed E-state index contributed by atoms with van der Waals surface area (Å²) < 4.78 is 24.0. The van der Waals surface area contributed by atoms with Gasteiger partial charge in [-0.05, 0) is 117 Å². The van der Waals surface area contributed by atoms with Crippen LogP contribution >= 0.6 is 0 Å². The van der Waals surface area contributed by atoms with E-state index in [1.807, 2.05) is 20.8 Å². The smallest absolute Gasteiger partial charge is 0.187 e. The second-order valence-corrected chi connectivity index (χ2v) is 19.8. The van der Waals surface area contributed by atoms with Gasteiger partial charge in [0.15, 0.2) is 12.6 Å². The van der Waals surface area contributed by atoms with E-state index in [0.29, 0.717) is 32.1 Å². The third kappa shape index (κ3) is 6.86. The maximum atomic E-state index is 12.4. The molecular weight excluding hydrogens is 700 g/mol. The van der Waals surface area contributed by atoms with E-state index in [1.165, 1.54) is 0 Å². The van der Waals surface area contributed by atoms with Gasteiger partial charge in [-0.25, -0.2) is 0 Å². The van der Waals surface area contributed by atoms with Crippen molar-refractivity contribution in [2.45, 2.75) is 186 Å². The highest BCUT2D eigenvalue weighted by atomic mass is 16.7. The van der Waals surface area contributed by atoms with E-state index in [0.717, 1.165) is 24.8 Å². The lowest BCUT2D eigenvalue weighted by molar-refractivity contribution is -0.346. The van der Waals surface area contributed by atoms with Crippen LogP contribution in [0.1, 0.15) is 107 Å². The fourth-order valence-electron chi connectivity index (χ4n) is 13.1. The number of aliphatic hydroxyl groups is 9. The summed E-state index contributed by atoms with van der Waals surface area (Å²) >= 11 is 0. The molecular formula is C41H70O13. The van der Waals surface area contributed by atoms with Crippen LogP contribution in [0.5, 0.6) is 0 Å². The molecule has 1 unspecified atom stereocenters. The summed E-state index contributed by atoms with van der Waals surface area (Å²) in [5.41, 5.74) is -1.30. The van der Waals surface area contributed by atoms with Gasteiger partial charge in [0.1, 0.15) is 42.7 Å². The Hall–Kier alpha value is -0.780. The number of rotatable bonds is 9. The molecule has 20 atom stereocenters. The molecule has 0 aromatic carbocycles. The molecule has 0 spiro atoms. The molecule has 6 aliphatic rings. The van der Waals surface area contributed by atoms with Crippen LogP contribution in [0.15, 0.2) is 11.6 Å². The molecule has 13 heteroatoms. The molecule has 13 nitrogen and oxygen atoms in total. The lowest BCUT2D eigenvalue weighted by atomic mass is 9.34. The minimum absolute atomic E-state index is 0.109. The number of ether oxygens (including phenoxy) is 4. The average Bonchev–Trinajstić information content (AvgIpc) is 3.47. The van der Waals surface area contributed by atoms with Crippen molar-refractivity contribution in [3.8, 4) is 0 Å². The first kappa shape index (κ1) is 42.8. The Bertz CT molecular complexity index is 1360. The minimum Gasteiger partial charge on any atom is -0.393 e. The van der Waals surface area contributed by atoms with Crippen molar-refractivity contribution >= 4 is 0 Å². The van der Waals surface area contributed by atoms with Crippen molar-refractivity contribution in [1.29, 1.82) is 0 Å². The zero-order valence-corrected chi connectivity index (χ0v) is 33.5. The summed E-state index contributed by atoms with van der Waals surface area (Å²) in [5, 5.41) is 99.1. The molecule has 0 aromatic rings. The Labute approximate surface area is 320 Å². The lowest BCUT2D eigenvalue weighted by Gasteiger charge is -2.71. The maximum absolute atomic E-state index is 12.4. The second kappa shape index (κ2) is 15.1. The third-order valence-electron chi connectivity index (χ3n) is 16.2. The van der Waals surface area contributed by atoms with Gasteiger partial charge in [0.2, 0.25) is 0 Å². The Kier molecular flexibility index (Phi) is 12.0. The molecule has 2 saturated heterocycles. The molecule has 9 N–H and O–H groups in total. The largest absolute Gasteiger partial charge is 0.393 e. The molecule has 54 heavy (non-hydrogen) atoms. The monoisotopic (exact) mass is 770 g/mol. The SMILES string of the molecule is CC(C)=CCCC(C)(O[C@@H]1O[C@H](CO[C@@H]2OC[C@H](O)[C@H](O)[C@H]2O)[C@@H](O)[C@H](O)[C@H]1O)[C@H]1CC[C@]2(C)[C@@H]1[C@H](O)C[C@@H]1[C@@]3(C)CC[C@H](O)C(C)(C)[C@@H]3[C@@H](O)C[C@]12C. The summed E-state index contributed by atoms with van der Waals surface area (Å²) in [5.74, 6) is -0.398. The topological polar surface area (TPSA) is 219 Å². The van der Waals surface area contributed by atoms with Gasteiger partial charge in [0, 0.05) is 0 Å². The number of allylic oxidation sites excluding steroid dienone is 2. The zero-order valence-electron chi connectivity index (χ0n) is 33.5. The van der Waals surface area contributed by atoms with Gasteiger partial charge in [-0.1, -0.05) is 46.3 Å². The zero-order chi connectivity index (χ0) is 39.9. The van der Waals surface area contributed by atoms with Crippen LogP contribution in [-0.2, 0) is 18.9 Å². The minimum atomic E-state index is -1.66. The van der Waals surface area contributed by atoms with Crippen molar-refractivity contribution in [2.75, 3.05) is 13.2 Å². The maximum Gasteiger partial charge on any atom is 0.187 e. The molecule has 2 heterocycles. The molecule has 0 amide bonds. The molecule has 0 bridgehead atoms. The Morgan fingerprint density at radius 3 is 2.11 bits per heavy atom. The van der Waals surface area contributed by atoms with Gasteiger partial charge in [-0.2, -0.15) is 0 Å². The third-order valence-corrected chi connectivity index (χ3v) is 16.2. The second-order valence-electron chi connectivity index (χ2n) is 19.8. The summed E-state index contributed by atoms with van der Waals surface area (Å²) in [6, 6.07) is 0. The number of hydrogen-bond donors (Lipinski definition) is 9. The van der Waals surface area contributed by atoms with Crippen LogP contribution in [0.4, 0.5) is 0 Å². The molecule has 2 aliphatic heterocycles. The predicted octanol–water partition coefficient (Wildman–Crippen LogP) is 1.76. The highest BCUT2D eigenvalue weighted by molar-refractivity contribution is 5.22. The summed E-state index contributed by atoms with van der Waals surface area (Å²) in [4.78, 5) is 0. The fourth-order valence-corrected chi connectivity index (χ4v) is 13.1. The Morgan fingerprint density at radius 2 is 1.44 bits per heavy atom. The Morgan fingerprint density at radius 1 is 0.778 bits per heavy atom. The van der Waals surface area contributed by atoms with Gasteiger partial charge in [0.05, 0.1) is 37.1 Å². The van der Waals surface area contributed by atoms with E-state index < -0.39 is 84.6 Å². The van der Waals surface area contributed by atoms with E-state index in [1.54, 1.807) is 0 Å². The first-order valence-electron chi connectivity index (χ1n) is 20.4. The van der Waals surface area contributed by atoms with Gasteiger partial charge in [-0.3, -0.25) is 0 Å². The van der Waals surface area contributed by atoms with E-state index in [2.05, 4.69) is 40.7 Å². The van der Waals surface area contributed by atoms with Crippen LogP contribution < -0.4 is 0 Å². The van der Waals surface area contributed by atoms with Crippen LogP contribution in [-0.4, -0.2) is 138 Å². The first-order valence-corrected chi connectivity index (χ1v) is 20.4. The predicted molar refractivity (Wildman–Crippen MR) is 196 cm³/mol. The van der Waals surface area contributed by atoms with Gasteiger partial charge < -0.3 is 64.9 Å². The van der Waals surface area contributed by atoms with Crippen molar-refractivity contribution in [1.82, 2.24) is 0 Å². The van der Waals surface area contributed by atoms with E-state index in [4.69, 9.17) is 18.9 Å². The van der Waals surface area contributed by atoms with Crippen molar-refractivity contribution < 1.29 is 64.9 Å². The molecule has 4 saturated carbocycles. The molecule has 0 aromatic heterocycles. The fraction of sp³-hybridized carbons (Fsp3) is 0.951. The van der Waals surface area contributed by atoms with Crippen molar-refractivity contribution in [3.05, 3.63) is 11.6 Å². The van der Waals surface area contributed by atoms with Gasteiger partial charge in [0.25, 0.3) is 0 Å². The summed E-state index contributed by atoms with van der Waals surface area (Å²) in [6.45, 7) is 16.4. The van der Waals surface area contributed by atoms with Gasteiger partial charge in [-0.15, -0.1) is 0 Å².